The van der Waals surface area contributed by atoms with Crippen LogP contribution in [0.2, 0.25) is 0 Å². The predicted octanol–water partition coefficient (Wildman–Crippen LogP) is 0.175. The number of hydrogen-bond acceptors (Lipinski definition) is 5. The number of amides is 2. The van der Waals surface area contributed by atoms with Crippen LogP contribution in [0.5, 0.6) is 0 Å². The third-order valence-corrected chi connectivity index (χ3v) is 5.66. The number of pyridine rings is 1. The Hall–Kier alpha value is -2.94. The Morgan fingerprint density at radius 3 is 2.79 bits per heavy atom. The number of aryl methyl sites for hydroxylation is 1. The van der Waals surface area contributed by atoms with Crippen molar-refractivity contribution < 1.29 is 14.7 Å². The van der Waals surface area contributed by atoms with Gasteiger partial charge in [0, 0.05) is 56.1 Å². The molecule has 2 aromatic rings. The topological polar surface area (TPSA) is 112 Å². The van der Waals surface area contributed by atoms with Gasteiger partial charge in [0.2, 0.25) is 5.56 Å². The highest BCUT2D eigenvalue weighted by Gasteiger charge is 2.31. The lowest BCUT2D eigenvalue weighted by Crippen LogP contribution is -2.38. The van der Waals surface area contributed by atoms with Crippen molar-refractivity contribution >= 4 is 11.8 Å². The van der Waals surface area contributed by atoms with Gasteiger partial charge in [-0.15, -0.1) is 0 Å². The number of fused-ring (bicyclic) bond motifs is 1. The Balaban J connectivity index is 1.47. The molecule has 9 heteroatoms. The first kappa shape index (κ1) is 19.4. The molecular weight excluding hydrogens is 374 g/mol. The number of nitrogens with zero attached hydrogens (tertiary/aromatic N) is 4. The normalized spacial score (nSPS) is 19.2. The summed E-state index contributed by atoms with van der Waals surface area (Å²) < 4.78 is 1.92. The highest BCUT2D eigenvalue weighted by atomic mass is 16.3. The molecule has 0 aliphatic carbocycles. The molecule has 0 radical (unpaired) electrons. The molecule has 29 heavy (non-hydrogen) atoms. The number of hydrogen-bond donors (Lipinski definition) is 2. The number of likely N-dealkylation sites (tertiary alicyclic amines) is 1. The molecule has 154 valence electrons. The third-order valence-electron chi connectivity index (χ3n) is 5.66. The second-order valence-corrected chi connectivity index (χ2v) is 7.67. The highest BCUT2D eigenvalue weighted by molar-refractivity contribution is 5.94. The van der Waals surface area contributed by atoms with Crippen LogP contribution >= 0.6 is 0 Å². The minimum atomic E-state index is -0.289. The number of carbonyl (C=O) groups excluding carboxylic acids is 2. The van der Waals surface area contributed by atoms with E-state index >= 15 is 0 Å². The molecular formula is C20H25N5O4. The van der Waals surface area contributed by atoms with Crippen LogP contribution in [-0.4, -0.2) is 73.5 Å². The predicted molar refractivity (Wildman–Crippen MR) is 105 cm³/mol. The van der Waals surface area contributed by atoms with Gasteiger partial charge in [0.15, 0.2) is 0 Å². The zero-order valence-electron chi connectivity index (χ0n) is 16.4. The van der Waals surface area contributed by atoms with E-state index in [4.69, 9.17) is 0 Å². The fraction of sp³-hybridized carbons (Fsp3) is 0.500. The zero-order valence-corrected chi connectivity index (χ0v) is 16.4. The van der Waals surface area contributed by atoms with Crippen LogP contribution in [0.25, 0.3) is 0 Å². The second kappa shape index (κ2) is 7.82. The number of carbonyl (C=O) groups is 2. The standard InChI is InChI=1S/C20H25N5O4/c1-13-9-14(10-18(27)21-13)19(28)23-6-4-17-22-16(11-24(17)8-7-23)20(29)25-5-2-3-15(25)12-26/h9-11,15,26H,2-8,12H2,1H3,(H,21,27). The number of aromatic amines is 1. The van der Waals surface area contributed by atoms with E-state index in [-0.39, 0.29) is 30.0 Å². The Labute approximate surface area is 168 Å². The molecule has 0 saturated carbocycles. The maximum Gasteiger partial charge on any atom is 0.274 e. The van der Waals surface area contributed by atoms with E-state index in [9.17, 15) is 19.5 Å². The molecule has 0 aromatic carbocycles. The van der Waals surface area contributed by atoms with Crippen LogP contribution in [0.1, 0.15) is 45.2 Å². The summed E-state index contributed by atoms with van der Waals surface area (Å²) in [6.45, 7) is 3.84. The monoisotopic (exact) mass is 399 g/mol. The number of aromatic nitrogens is 3. The molecule has 2 aliphatic heterocycles. The summed E-state index contributed by atoms with van der Waals surface area (Å²) in [6, 6.07) is 2.87. The number of aliphatic hydroxyl groups is 1. The summed E-state index contributed by atoms with van der Waals surface area (Å²) in [5.74, 6) is 0.448. The van der Waals surface area contributed by atoms with Crippen LogP contribution in [-0.2, 0) is 13.0 Å². The zero-order chi connectivity index (χ0) is 20.5. The fourth-order valence-corrected chi connectivity index (χ4v) is 4.16. The summed E-state index contributed by atoms with van der Waals surface area (Å²) >= 11 is 0. The van der Waals surface area contributed by atoms with Crippen molar-refractivity contribution in [2.75, 3.05) is 26.2 Å². The van der Waals surface area contributed by atoms with Crippen LogP contribution in [0, 0.1) is 6.92 Å². The van der Waals surface area contributed by atoms with Gasteiger partial charge in [-0.2, -0.15) is 0 Å². The van der Waals surface area contributed by atoms with E-state index in [1.807, 2.05) is 4.57 Å². The van der Waals surface area contributed by atoms with E-state index in [0.717, 1.165) is 18.7 Å². The molecule has 2 amide bonds. The lowest BCUT2D eigenvalue weighted by Gasteiger charge is -2.22. The van der Waals surface area contributed by atoms with Crippen molar-refractivity contribution in [1.29, 1.82) is 0 Å². The molecule has 2 aromatic heterocycles. The van der Waals surface area contributed by atoms with Crippen LogP contribution < -0.4 is 5.56 Å². The maximum atomic E-state index is 12.8. The first-order chi connectivity index (χ1) is 14.0. The van der Waals surface area contributed by atoms with Gasteiger partial charge in [-0.1, -0.05) is 0 Å². The van der Waals surface area contributed by atoms with Gasteiger partial charge in [0.25, 0.3) is 11.8 Å². The smallest absolute Gasteiger partial charge is 0.274 e. The molecule has 1 saturated heterocycles. The summed E-state index contributed by atoms with van der Waals surface area (Å²) in [6.07, 6.45) is 3.98. The lowest BCUT2D eigenvalue weighted by atomic mass is 10.2. The van der Waals surface area contributed by atoms with Gasteiger partial charge in [0.1, 0.15) is 11.5 Å². The van der Waals surface area contributed by atoms with Crippen LogP contribution in [0.15, 0.2) is 23.1 Å². The van der Waals surface area contributed by atoms with E-state index in [1.54, 1.807) is 29.0 Å². The molecule has 0 spiro atoms. The maximum absolute atomic E-state index is 12.8. The Morgan fingerprint density at radius 1 is 1.21 bits per heavy atom. The first-order valence-electron chi connectivity index (χ1n) is 9.94. The summed E-state index contributed by atoms with van der Waals surface area (Å²) in [5.41, 5.74) is 1.13. The SMILES string of the molecule is Cc1cc(C(=O)N2CCc3nc(C(=O)N4CCCC4CO)cn3CC2)cc(=O)[nH]1. The number of aliphatic hydroxyl groups excluding tert-OH is 1. The Kier molecular flexibility index (Phi) is 5.23. The minimum absolute atomic E-state index is 0.0296. The summed E-state index contributed by atoms with van der Waals surface area (Å²) in [5, 5.41) is 9.46. The average Bonchev–Trinajstić information content (AvgIpc) is 3.29. The lowest BCUT2D eigenvalue weighted by molar-refractivity contribution is 0.0670. The minimum Gasteiger partial charge on any atom is -0.394 e. The van der Waals surface area contributed by atoms with Crippen molar-refractivity contribution in [3.63, 3.8) is 0 Å². The number of rotatable bonds is 3. The van der Waals surface area contributed by atoms with Gasteiger partial charge in [-0.25, -0.2) is 4.98 Å². The quantitative estimate of drug-likeness (QED) is 0.765. The third kappa shape index (κ3) is 3.82. The Bertz CT molecular complexity index is 969. The summed E-state index contributed by atoms with van der Waals surface area (Å²) in [7, 11) is 0. The molecule has 0 bridgehead atoms. The molecule has 2 N–H and O–H groups in total. The van der Waals surface area contributed by atoms with Gasteiger partial charge in [-0.3, -0.25) is 14.4 Å². The van der Waals surface area contributed by atoms with Crippen molar-refractivity contribution in [3.8, 4) is 0 Å². The van der Waals surface area contributed by atoms with Crippen molar-refractivity contribution in [2.24, 2.45) is 0 Å². The van der Waals surface area contributed by atoms with Gasteiger partial charge < -0.3 is 24.5 Å². The average molecular weight is 399 g/mol. The Morgan fingerprint density at radius 2 is 2.03 bits per heavy atom. The number of nitrogens with one attached hydrogen (secondary N) is 1. The van der Waals surface area contributed by atoms with Crippen LogP contribution in [0.3, 0.4) is 0 Å². The molecule has 1 atom stereocenters. The summed E-state index contributed by atoms with van der Waals surface area (Å²) in [4.78, 5) is 47.8. The van der Waals surface area contributed by atoms with E-state index in [1.165, 1.54) is 6.07 Å². The van der Waals surface area contributed by atoms with E-state index in [2.05, 4.69) is 9.97 Å². The largest absolute Gasteiger partial charge is 0.394 e. The second-order valence-electron chi connectivity index (χ2n) is 7.67. The molecule has 4 rings (SSSR count). The molecule has 4 heterocycles. The highest BCUT2D eigenvalue weighted by Crippen LogP contribution is 2.20. The van der Waals surface area contributed by atoms with Gasteiger partial charge in [-0.05, 0) is 25.8 Å². The van der Waals surface area contributed by atoms with E-state index in [0.29, 0.717) is 49.6 Å². The van der Waals surface area contributed by atoms with Crippen molar-refractivity contribution in [3.05, 3.63) is 51.5 Å². The van der Waals surface area contributed by atoms with Gasteiger partial charge in [0.05, 0.1) is 12.6 Å². The van der Waals surface area contributed by atoms with Gasteiger partial charge >= 0.3 is 0 Å². The van der Waals surface area contributed by atoms with Crippen molar-refractivity contribution in [2.45, 2.75) is 38.8 Å². The molecule has 1 unspecified atom stereocenters. The fourth-order valence-electron chi connectivity index (χ4n) is 4.16. The number of H-pyrrole nitrogens is 1. The molecule has 2 aliphatic rings. The molecule has 9 nitrogen and oxygen atoms in total. The van der Waals surface area contributed by atoms with Crippen LogP contribution in [0.4, 0.5) is 0 Å². The van der Waals surface area contributed by atoms with Crippen molar-refractivity contribution in [1.82, 2.24) is 24.3 Å². The molecule has 1 fully saturated rings. The van der Waals surface area contributed by atoms with E-state index < -0.39 is 0 Å². The first-order valence-corrected chi connectivity index (χ1v) is 9.94. The number of imidazole rings is 1.